The largest absolute Gasteiger partial charge is 0.481 e. The minimum atomic E-state index is -0.575. The van der Waals surface area contributed by atoms with Crippen LogP contribution in [0.3, 0.4) is 0 Å². The monoisotopic (exact) mass is 269 g/mol. The van der Waals surface area contributed by atoms with Gasteiger partial charge in [0, 0.05) is 18.1 Å². The molecule has 18 heavy (non-hydrogen) atoms. The zero-order valence-electron chi connectivity index (χ0n) is 10.2. The Morgan fingerprint density at radius 2 is 2.39 bits per heavy atom. The number of aliphatic hydroxyl groups excluding tert-OH is 1. The average molecular weight is 270 g/mol. The fraction of sp³-hybridized carbons (Fsp3) is 0.462. The zero-order valence-corrected chi connectivity index (χ0v) is 10.9. The van der Waals surface area contributed by atoms with Crippen LogP contribution in [-0.4, -0.2) is 41.2 Å². The molecule has 1 fully saturated rings. The SMILES string of the molecule is CC(Oc1cccc(Cl)c1)C(=O)N1CC[C@@H](O)C1. The highest BCUT2D eigenvalue weighted by Crippen LogP contribution is 2.19. The Labute approximate surface area is 111 Å². The number of nitrogens with zero attached hydrogens (tertiary/aromatic N) is 1. The second kappa shape index (κ2) is 5.59. The summed E-state index contributed by atoms with van der Waals surface area (Å²) in [5.41, 5.74) is 0. The Hall–Kier alpha value is -1.26. The van der Waals surface area contributed by atoms with Crippen LogP contribution in [0, 0.1) is 0 Å². The summed E-state index contributed by atoms with van der Waals surface area (Å²) >= 11 is 5.85. The first-order valence-corrected chi connectivity index (χ1v) is 6.33. The van der Waals surface area contributed by atoms with Crippen molar-refractivity contribution in [3.05, 3.63) is 29.3 Å². The van der Waals surface area contributed by atoms with Gasteiger partial charge < -0.3 is 14.7 Å². The van der Waals surface area contributed by atoms with E-state index < -0.39 is 12.2 Å². The van der Waals surface area contributed by atoms with Gasteiger partial charge in [0.1, 0.15) is 5.75 Å². The normalized spacial score (nSPS) is 20.8. The summed E-state index contributed by atoms with van der Waals surface area (Å²) in [6.45, 7) is 2.68. The number of carbonyl (C=O) groups is 1. The molecule has 2 atom stereocenters. The molecule has 0 spiro atoms. The maximum Gasteiger partial charge on any atom is 0.263 e. The van der Waals surface area contributed by atoms with Crippen molar-refractivity contribution < 1.29 is 14.6 Å². The fourth-order valence-corrected chi connectivity index (χ4v) is 2.17. The summed E-state index contributed by atoms with van der Waals surface area (Å²) in [5, 5.41) is 9.98. The van der Waals surface area contributed by atoms with Crippen LogP contribution in [0.25, 0.3) is 0 Å². The van der Waals surface area contributed by atoms with Crippen molar-refractivity contribution in [2.75, 3.05) is 13.1 Å². The van der Waals surface area contributed by atoms with Gasteiger partial charge in [0.2, 0.25) is 0 Å². The Bertz CT molecular complexity index is 438. The second-order valence-corrected chi connectivity index (χ2v) is 4.88. The van der Waals surface area contributed by atoms with Crippen LogP contribution in [0.4, 0.5) is 0 Å². The molecule has 1 aliphatic heterocycles. The number of β-amino-alcohol motifs (C(OH)–C–C–N with tert-alkyl or cyclic N) is 1. The van der Waals surface area contributed by atoms with Gasteiger partial charge in [-0.05, 0) is 31.5 Å². The third-order valence-electron chi connectivity index (χ3n) is 2.93. The van der Waals surface area contributed by atoms with Gasteiger partial charge in [0.15, 0.2) is 6.10 Å². The number of carbonyl (C=O) groups excluding carboxylic acids is 1. The molecule has 1 aliphatic rings. The highest BCUT2D eigenvalue weighted by molar-refractivity contribution is 6.30. The van der Waals surface area contributed by atoms with Crippen molar-refractivity contribution >= 4 is 17.5 Å². The van der Waals surface area contributed by atoms with Crippen molar-refractivity contribution in [2.24, 2.45) is 0 Å². The van der Waals surface area contributed by atoms with E-state index in [1.54, 1.807) is 36.1 Å². The third kappa shape index (κ3) is 3.15. The Balaban J connectivity index is 1.95. The molecule has 5 heteroatoms. The smallest absolute Gasteiger partial charge is 0.263 e. The first kappa shape index (κ1) is 13.2. The molecule has 1 saturated heterocycles. The van der Waals surface area contributed by atoms with Gasteiger partial charge >= 0.3 is 0 Å². The van der Waals surface area contributed by atoms with Crippen molar-refractivity contribution in [1.29, 1.82) is 0 Å². The zero-order chi connectivity index (χ0) is 13.1. The standard InChI is InChI=1S/C13H16ClNO3/c1-9(13(17)15-6-5-11(16)8-15)18-12-4-2-3-10(14)7-12/h2-4,7,9,11,16H,5-6,8H2,1H3/t9?,11-/m1/s1. The minimum Gasteiger partial charge on any atom is -0.481 e. The van der Waals surface area contributed by atoms with Crippen LogP contribution < -0.4 is 4.74 Å². The number of likely N-dealkylation sites (tertiary alicyclic amines) is 1. The molecule has 2 rings (SSSR count). The molecule has 0 aromatic heterocycles. The number of benzene rings is 1. The molecule has 98 valence electrons. The highest BCUT2D eigenvalue weighted by atomic mass is 35.5. The van der Waals surface area contributed by atoms with Crippen LogP contribution in [0.5, 0.6) is 5.75 Å². The molecule has 1 aromatic carbocycles. The minimum absolute atomic E-state index is 0.105. The van der Waals surface area contributed by atoms with E-state index in [0.717, 1.165) is 0 Å². The van der Waals surface area contributed by atoms with Gasteiger partial charge in [0.05, 0.1) is 6.10 Å². The molecular weight excluding hydrogens is 254 g/mol. The molecule has 1 unspecified atom stereocenters. The quantitative estimate of drug-likeness (QED) is 0.909. The van der Waals surface area contributed by atoms with Crippen LogP contribution >= 0.6 is 11.6 Å². The van der Waals surface area contributed by atoms with Crippen molar-refractivity contribution in [3.63, 3.8) is 0 Å². The highest BCUT2D eigenvalue weighted by Gasteiger charge is 2.28. The van der Waals surface area contributed by atoms with Gasteiger partial charge in [-0.1, -0.05) is 17.7 Å². The predicted molar refractivity (Wildman–Crippen MR) is 68.7 cm³/mol. The number of aliphatic hydroxyl groups is 1. The van der Waals surface area contributed by atoms with Gasteiger partial charge in [-0.15, -0.1) is 0 Å². The topological polar surface area (TPSA) is 49.8 Å². The van der Waals surface area contributed by atoms with Crippen molar-refractivity contribution in [3.8, 4) is 5.75 Å². The number of amides is 1. The number of rotatable bonds is 3. The van der Waals surface area contributed by atoms with E-state index in [9.17, 15) is 9.90 Å². The van der Waals surface area contributed by atoms with Crippen LogP contribution in [0.1, 0.15) is 13.3 Å². The Kier molecular flexibility index (Phi) is 4.09. The number of ether oxygens (including phenoxy) is 1. The van der Waals surface area contributed by atoms with Gasteiger partial charge in [-0.25, -0.2) is 0 Å². The van der Waals surface area contributed by atoms with E-state index in [2.05, 4.69) is 0 Å². The summed E-state index contributed by atoms with van der Waals surface area (Å²) in [4.78, 5) is 13.7. The van der Waals surface area contributed by atoms with Gasteiger partial charge in [-0.2, -0.15) is 0 Å². The molecule has 4 nitrogen and oxygen atoms in total. The van der Waals surface area contributed by atoms with Crippen molar-refractivity contribution in [2.45, 2.75) is 25.6 Å². The van der Waals surface area contributed by atoms with E-state index in [-0.39, 0.29) is 5.91 Å². The third-order valence-corrected chi connectivity index (χ3v) is 3.17. The lowest BCUT2D eigenvalue weighted by atomic mass is 10.3. The lowest BCUT2D eigenvalue weighted by Gasteiger charge is -2.21. The lowest BCUT2D eigenvalue weighted by molar-refractivity contribution is -0.137. The summed E-state index contributed by atoms with van der Waals surface area (Å²) in [5.74, 6) is 0.467. The van der Waals surface area contributed by atoms with Gasteiger partial charge in [-0.3, -0.25) is 4.79 Å². The Morgan fingerprint density at radius 1 is 1.61 bits per heavy atom. The molecule has 0 aliphatic carbocycles. The second-order valence-electron chi connectivity index (χ2n) is 4.44. The summed E-state index contributed by atoms with van der Waals surface area (Å²) < 4.78 is 5.55. The number of hydrogen-bond donors (Lipinski definition) is 1. The molecule has 0 radical (unpaired) electrons. The van der Waals surface area contributed by atoms with Crippen LogP contribution in [-0.2, 0) is 4.79 Å². The van der Waals surface area contributed by atoms with Crippen molar-refractivity contribution in [1.82, 2.24) is 4.90 Å². The average Bonchev–Trinajstić information content (AvgIpc) is 2.75. The molecule has 0 bridgehead atoms. The van der Waals surface area contributed by atoms with Gasteiger partial charge in [0.25, 0.3) is 5.91 Å². The molecule has 1 amide bonds. The maximum absolute atomic E-state index is 12.0. The Morgan fingerprint density at radius 3 is 3.00 bits per heavy atom. The van der Waals surface area contributed by atoms with E-state index in [1.807, 2.05) is 0 Å². The summed E-state index contributed by atoms with van der Waals surface area (Å²) in [6.07, 6.45) is -0.351. The molecule has 1 heterocycles. The number of halogens is 1. The first-order valence-electron chi connectivity index (χ1n) is 5.95. The maximum atomic E-state index is 12.0. The number of hydrogen-bond acceptors (Lipinski definition) is 3. The van der Waals surface area contributed by atoms with E-state index in [1.165, 1.54) is 0 Å². The lowest BCUT2D eigenvalue weighted by Crippen LogP contribution is -2.39. The molecular formula is C13H16ClNO3. The van der Waals surface area contributed by atoms with E-state index >= 15 is 0 Å². The molecule has 1 aromatic rings. The predicted octanol–water partition coefficient (Wildman–Crippen LogP) is 1.70. The first-order chi connectivity index (χ1) is 8.56. The van der Waals surface area contributed by atoms with Crippen LogP contribution in [0.15, 0.2) is 24.3 Å². The molecule has 1 N–H and O–H groups in total. The van der Waals surface area contributed by atoms with E-state index in [0.29, 0.717) is 30.3 Å². The summed E-state index contributed by atoms with van der Waals surface area (Å²) in [6, 6.07) is 6.95. The van der Waals surface area contributed by atoms with Crippen LogP contribution in [0.2, 0.25) is 5.02 Å². The summed E-state index contributed by atoms with van der Waals surface area (Å²) in [7, 11) is 0. The van der Waals surface area contributed by atoms with E-state index in [4.69, 9.17) is 16.3 Å². The fourth-order valence-electron chi connectivity index (χ4n) is 1.99. The molecule has 0 saturated carbocycles.